The van der Waals surface area contributed by atoms with Crippen molar-refractivity contribution in [3.63, 3.8) is 0 Å². The zero-order valence-corrected chi connectivity index (χ0v) is 14.4. The van der Waals surface area contributed by atoms with Crippen LogP contribution in [-0.2, 0) is 9.84 Å². The minimum atomic E-state index is -3.70. The van der Waals surface area contributed by atoms with Crippen molar-refractivity contribution in [2.45, 2.75) is 10.1 Å². The average Bonchev–Trinajstić information content (AvgIpc) is 2.55. The van der Waals surface area contributed by atoms with Gasteiger partial charge in [-0.15, -0.1) is 0 Å². The molecule has 124 valence electrons. The van der Waals surface area contributed by atoms with E-state index in [-0.39, 0.29) is 11.4 Å². The lowest BCUT2D eigenvalue weighted by Gasteiger charge is -2.19. The molecule has 2 aromatic rings. The monoisotopic (exact) mass is 355 g/mol. The first kappa shape index (κ1) is 17.6. The number of ether oxygens (including phenoxy) is 2. The lowest BCUT2D eigenvalue weighted by atomic mass is 10.1. The van der Waals surface area contributed by atoms with Crippen LogP contribution in [0.3, 0.4) is 0 Å². The second-order valence-electron chi connectivity index (χ2n) is 4.83. The van der Waals surface area contributed by atoms with Gasteiger partial charge in [-0.2, -0.15) is 0 Å². The van der Waals surface area contributed by atoms with Gasteiger partial charge < -0.3 is 15.2 Å². The third-order valence-corrected chi connectivity index (χ3v) is 5.89. The fraction of sp³-hybridized carbons (Fsp3) is 0.250. The second kappa shape index (κ2) is 7.21. The molecule has 7 heteroatoms. The molecule has 23 heavy (non-hydrogen) atoms. The molecule has 0 amide bonds. The highest BCUT2D eigenvalue weighted by Crippen LogP contribution is 2.36. The number of hydrogen-bond donors (Lipinski definition) is 1. The number of nitrogens with two attached hydrogens (primary N) is 1. The Balaban J connectivity index is 2.56. The van der Waals surface area contributed by atoms with Gasteiger partial charge in [0.15, 0.2) is 9.84 Å². The van der Waals surface area contributed by atoms with Crippen molar-refractivity contribution in [2.24, 2.45) is 5.73 Å². The largest absolute Gasteiger partial charge is 0.497 e. The molecule has 2 N–H and O–H groups in total. The Bertz CT molecular complexity index is 775. The quantitative estimate of drug-likeness (QED) is 0.862. The first-order valence-corrected chi connectivity index (χ1v) is 8.78. The molecule has 0 radical (unpaired) electrons. The van der Waals surface area contributed by atoms with E-state index >= 15 is 0 Å². The van der Waals surface area contributed by atoms with Crippen molar-refractivity contribution in [2.75, 3.05) is 20.8 Å². The Morgan fingerprint density at radius 3 is 2.26 bits per heavy atom. The van der Waals surface area contributed by atoms with E-state index in [9.17, 15) is 8.42 Å². The van der Waals surface area contributed by atoms with Crippen LogP contribution in [-0.4, -0.2) is 29.2 Å². The molecule has 0 heterocycles. The molecule has 0 aliphatic rings. The Labute approximate surface area is 140 Å². The Morgan fingerprint density at radius 2 is 1.74 bits per heavy atom. The molecule has 2 aromatic carbocycles. The van der Waals surface area contributed by atoms with Gasteiger partial charge in [-0.05, 0) is 42.5 Å². The summed E-state index contributed by atoms with van der Waals surface area (Å²) in [5.74, 6) is 0.976. The Hall–Kier alpha value is -1.76. The van der Waals surface area contributed by atoms with E-state index in [1.807, 2.05) is 0 Å². The van der Waals surface area contributed by atoms with E-state index in [1.165, 1.54) is 38.5 Å². The number of hydrogen-bond acceptors (Lipinski definition) is 5. The number of benzene rings is 2. The molecule has 0 aromatic heterocycles. The lowest BCUT2D eigenvalue weighted by molar-refractivity contribution is 0.398. The predicted molar refractivity (Wildman–Crippen MR) is 90.0 cm³/mol. The van der Waals surface area contributed by atoms with Crippen LogP contribution in [0.15, 0.2) is 47.4 Å². The fourth-order valence-corrected chi connectivity index (χ4v) is 4.04. The summed E-state index contributed by atoms with van der Waals surface area (Å²) in [6.07, 6.45) is 0. The lowest BCUT2D eigenvalue weighted by Crippen LogP contribution is -2.23. The van der Waals surface area contributed by atoms with Gasteiger partial charge in [0.25, 0.3) is 0 Å². The molecule has 0 bridgehead atoms. The van der Waals surface area contributed by atoms with E-state index in [0.717, 1.165) is 0 Å². The maximum absolute atomic E-state index is 12.9. The van der Waals surface area contributed by atoms with Crippen LogP contribution in [0.25, 0.3) is 0 Å². The first-order valence-electron chi connectivity index (χ1n) is 6.85. The second-order valence-corrected chi connectivity index (χ2v) is 7.40. The summed E-state index contributed by atoms with van der Waals surface area (Å²) in [4.78, 5) is 0.155. The van der Waals surface area contributed by atoms with Gasteiger partial charge >= 0.3 is 0 Å². The maximum Gasteiger partial charge on any atom is 0.186 e. The minimum Gasteiger partial charge on any atom is -0.497 e. The molecule has 0 fully saturated rings. The molecular formula is C16H18ClNO4S. The molecular weight excluding hydrogens is 338 g/mol. The maximum atomic E-state index is 12.9. The summed E-state index contributed by atoms with van der Waals surface area (Å²) in [5.41, 5.74) is 6.23. The molecule has 2 rings (SSSR count). The molecule has 0 aliphatic carbocycles. The first-order chi connectivity index (χ1) is 10.9. The van der Waals surface area contributed by atoms with Crippen molar-refractivity contribution in [1.82, 2.24) is 0 Å². The summed E-state index contributed by atoms with van der Waals surface area (Å²) in [5, 5.41) is -0.485. The van der Waals surface area contributed by atoms with Crippen molar-refractivity contribution < 1.29 is 17.9 Å². The molecule has 0 saturated carbocycles. The number of methoxy groups -OCH3 is 2. The van der Waals surface area contributed by atoms with Gasteiger partial charge in [0.1, 0.15) is 16.7 Å². The molecule has 5 nitrogen and oxygen atoms in total. The molecule has 1 atom stereocenters. The van der Waals surface area contributed by atoms with Crippen LogP contribution in [0.1, 0.15) is 10.8 Å². The van der Waals surface area contributed by atoms with Crippen molar-refractivity contribution in [3.8, 4) is 11.5 Å². The third-order valence-electron chi connectivity index (χ3n) is 3.51. The summed E-state index contributed by atoms with van der Waals surface area (Å²) in [6, 6.07) is 11.0. The van der Waals surface area contributed by atoms with Crippen LogP contribution in [0.2, 0.25) is 5.02 Å². The highest BCUT2D eigenvalue weighted by atomic mass is 35.5. The van der Waals surface area contributed by atoms with Crippen molar-refractivity contribution in [1.29, 1.82) is 0 Å². The fourth-order valence-electron chi connectivity index (χ4n) is 2.30. The van der Waals surface area contributed by atoms with Crippen LogP contribution in [0.4, 0.5) is 0 Å². The topological polar surface area (TPSA) is 78.6 Å². The number of rotatable bonds is 6. The van der Waals surface area contributed by atoms with Crippen molar-refractivity contribution >= 4 is 21.4 Å². The molecule has 0 saturated heterocycles. The van der Waals surface area contributed by atoms with Crippen LogP contribution < -0.4 is 15.2 Å². The number of sulfone groups is 1. The molecule has 0 unspecified atom stereocenters. The third kappa shape index (κ3) is 3.60. The summed E-state index contributed by atoms with van der Waals surface area (Å²) in [6.45, 7) is -0.0888. The van der Waals surface area contributed by atoms with Crippen LogP contribution >= 0.6 is 11.6 Å². The highest BCUT2D eigenvalue weighted by Gasteiger charge is 2.30. The van der Waals surface area contributed by atoms with Gasteiger partial charge in [0.2, 0.25) is 0 Å². The number of halogens is 1. The standard InChI is InChI=1S/C16H18ClNO4S/c1-21-12-5-8-15(22-2)14(9-12)16(10-18)23(19,20)13-6-3-11(17)4-7-13/h3-9,16H,10,18H2,1-2H3/t16-/m0/s1. The minimum absolute atomic E-state index is 0.0888. The van der Waals surface area contributed by atoms with Crippen molar-refractivity contribution in [3.05, 3.63) is 53.1 Å². The van der Waals surface area contributed by atoms with Gasteiger partial charge in [0.05, 0.1) is 19.1 Å². The zero-order valence-electron chi connectivity index (χ0n) is 12.8. The van der Waals surface area contributed by atoms with Gasteiger partial charge in [-0.1, -0.05) is 11.6 Å². The Kier molecular flexibility index (Phi) is 5.51. The summed E-state index contributed by atoms with van der Waals surface area (Å²) >= 11 is 5.82. The summed E-state index contributed by atoms with van der Waals surface area (Å²) in [7, 11) is -0.707. The zero-order chi connectivity index (χ0) is 17.0. The smallest absolute Gasteiger partial charge is 0.186 e. The van der Waals surface area contributed by atoms with Gasteiger partial charge in [-0.25, -0.2) is 8.42 Å². The van der Waals surface area contributed by atoms with E-state index in [0.29, 0.717) is 22.1 Å². The van der Waals surface area contributed by atoms with Crippen LogP contribution in [0.5, 0.6) is 11.5 Å². The van der Waals surface area contributed by atoms with E-state index in [4.69, 9.17) is 26.8 Å². The van der Waals surface area contributed by atoms with E-state index < -0.39 is 15.1 Å². The van der Waals surface area contributed by atoms with E-state index in [1.54, 1.807) is 18.2 Å². The average molecular weight is 356 g/mol. The predicted octanol–water partition coefficient (Wildman–Crippen LogP) is 2.83. The molecule has 0 spiro atoms. The van der Waals surface area contributed by atoms with E-state index in [2.05, 4.69) is 0 Å². The highest BCUT2D eigenvalue weighted by molar-refractivity contribution is 7.91. The normalized spacial score (nSPS) is 12.7. The molecule has 0 aliphatic heterocycles. The SMILES string of the molecule is COc1ccc(OC)c([C@H](CN)S(=O)(=O)c2ccc(Cl)cc2)c1. The van der Waals surface area contributed by atoms with Crippen LogP contribution in [0, 0.1) is 0 Å². The Morgan fingerprint density at radius 1 is 1.09 bits per heavy atom. The summed E-state index contributed by atoms with van der Waals surface area (Å²) < 4.78 is 36.3. The van der Waals surface area contributed by atoms with Gasteiger partial charge in [-0.3, -0.25) is 0 Å². The van der Waals surface area contributed by atoms with Gasteiger partial charge in [0, 0.05) is 17.1 Å².